The fourth-order valence-electron chi connectivity index (χ4n) is 1.03. The first kappa shape index (κ1) is 12.7. The van der Waals surface area contributed by atoms with E-state index in [9.17, 15) is 4.79 Å². The third kappa shape index (κ3) is 3.66. The lowest BCUT2D eigenvalue weighted by atomic mass is 10.1. The zero-order valence-electron chi connectivity index (χ0n) is 9.03. The van der Waals surface area contributed by atoms with Gasteiger partial charge in [0.2, 0.25) is 0 Å². The Hall–Kier alpha value is -1.36. The molecule has 0 heterocycles. The minimum atomic E-state index is -0.949. The third-order valence-electron chi connectivity index (χ3n) is 1.77. The summed E-state index contributed by atoms with van der Waals surface area (Å²) in [6.07, 6.45) is 0. The molecule has 0 spiro atoms. The predicted molar refractivity (Wildman–Crippen MR) is 64.7 cm³/mol. The summed E-state index contributed by atoms with van der Waals surface area (Å²) in [4.78, 5) is 15.8. The Balaban J connectivity index is 2.75. The molecule has 0 saturated carbocycles. The van der Waals surface area contributed by atoms with Gasteiger partial charge in [-0.3, -0.25) is 0 Å². The predicted octanol–water partition coefficient (Wildman–Crippen LogP) is 3.06. The van der Waals surface area contributed by atoms with Crippen molar-refractivity contribution in [1.82, 2.24) is 0 Å². The lowest BCUT2D eigenvalue weighted by molar-refractivity contribution is 0.0696. The topological polar surface area (TPSA) is 58.9 Å². The van der Waals surface area contributed by atoms with E-state index in [0.717, 1.165) is 11.3 Å². The summed E-state index contributed by atoms with van der Waals surface area (Å²) in [7, 11) is 0. The van der Waals surface area contributed by atoms with Gasteiger partial charge in [0.15, 0.2) is 0 Å². The summed E-state index contributed by atoms with van der Waals surface area (Å²) in [5, 5.41) is 12.6. The first-order valence-corrected chi connectivity index (χ1v) is 5.45. The molecule has 0 amide bonds. The van der Waals surface area contributed by atoms with Crippen molar-refractivity contribution in [3.63, 3.8) is 0 Å². The average molecular weight is 286 g/mol. The van der Waals surface area contributed by atoms with Gasteiger partial charge < -0.3 is 9.94 Å². The van der Waals surface area contributed by atoms with Gasteiger partial charge in [0.1, 0.15) is 6.61 Å². The normalized spacial score (nSPS) is 9.69. The highest BCUT2D eigenvalue weighted by atomic mass is 79.9. The standard InChI is InChI=1S/C11H12BrNO3/c1-7(2)13-16-6-9-4-3-8(11(14)15)5-10(9)12/h3-5H,6H2,1-2H3,(H,14,15). The van der Waals surface area contributed by atoms with Crippen molar-refractivity contribution < 1.29 is 14.7 Å². The largest absolute Gasteiger partial charge is 0.478 e. The molecule has 0 radical (unpaired) electrons. The fourth-order valence-corrected chi connectivity index (χ4v) is 1.52. The fraction of sp³-hybridized carbons (Fsp3) is 0.273. The highest BCUT2D eigenvalue weighted by Crippen LogP contribution is 2.19. The second-order valence-corrected chi connectivity index (χ2v) is 4.28. The van der Waals surface area contributed by atoms with Crippen LogP contribution in [0.3, 0.4) is 0 Å². The molecule has 0 unspecified atom stereocenters. The summed E-state index contributed by atoms with van der Waals surface area (Å²) in [6.45, 7) is 3.98. The van der Waals surface area contributed by atoms with E-state index >= 15 is 0 Å². The van der Waals surface area contributed by atoms with Crippen molar-refractivity contribution in [3.8, 4) is 0 Å². The van der Waals surface area contributed by atoms with Gasteiger partial charge in [0.25, 0.3) is 0 Å². The highest BCUT2D eigenvalue weighted by molar-refractivity contribution is 9.10. The maximum atomic E-state index is 10.7. The summed E-state index contributed by atoms with van der Waals surface area (Å²) >= 11 is 3.29. The molecule has 0 aliphatic rings. The van der Waals surface area contributed by atoms with Crippen LogP contribution in [-0.2, 0) is 11.4 Å². The first-order chi connectivity index (χ1) is 7.50. The highest BCUT2D eigenvalue weighted by Gasteiger charge is 2.06. The molecule has 0 atom stereocenters. The molecule has 0 aliphatic heterocycles. The van der Waals surface area contributed by atoms with Gasteiger partial charge >= 0.3 is 5.97 Å². The molecular weight excluding hydrogens is 274 g/mol. The minimum absolute atomic E-state index is 0.241. The van der Waals surface area contributed by atoms with E-state index in [1.165, 1.54) is 6.07 Å². The molecule has 0 bridgehead atoms. The zero-order valence-corrected chi connectivity index (χ0v) is 10.6. The Morgan fingerprint density at radius 2 is 2.19 bits per heavy atom. The molecular formula is C11H12BrNO3. The van der Waals surface area contributed by atoms with E-state index in [2.05, 4.69) is 21.1 Å². The van der Waals surface area contributed by atoms with E-state index in [1.807, 2.05) is 13.8 Å². The van der Waals surface area contributed by atoms with E-state index in [1.54, 1.807) is 12.1 Å². The Morgan fingerprint density at radius 1 is 1.50 bits per heavy atom. The third-order valence-corrected chi connectivity index (χ3v) is 2.51. The van der Waals surface area contributed by atoms with Crippen molar-refractivity contribution in [3.05, 3.63) is 33.8 Å². The number of carbonyl (C=O) groups is 1. The molecule has 0 aliphatic carbocycles. The van der Waals surface area contributed by atoms with Gasteiger partial charge in [-0.15, -0.1) is 0 Å². The maximum absolute atomic E-state index is 10.7. The summed E-state index contributed by atoms with van der Waals surface area (Å²) in [6, 6.07) is 4.78. The van der Waals surface area contributed by atoms with Gasteiger partial charge in [0.05, 0.1) is 11.3 Å². The minimum Gasteiger partial charge on any atom is -0.478 e. The zero-order chi connectivity index (χ0) is 12.1. The number of halogens is 1. The van der Waals surface area contributed by atoms with Crippen molar-refractivity contribution >= 4 is 27.6 Å². The molecule has 16 heavy (non-hydrogen) atoms. The van der Waals surface area contributed by atoms with Crippen molar-refractivity contribution in [2.75, 3.05) is 0 Å². The monoisotopic (exact) mass is 285 g/mol. The number of carboxylic acid groups (broad SMARTS) is 1. The lowest BCUT2D eigenvalue weighted by Crippen LogP contribution is -1.98. The molecule has 4 nitrogen and oxygen atoms in total. The summed E-state index contributed by atoms with van der Waals surface area (Å²) in [5.74, 6) is -0.949. The summed E-state index contributed by atoms with van der Waals surface area (Å²) < 4.78 is 0.705. The van der Waals surface area contributed by atoms with E-state index in [0.29, 0.717) is 11.1 Å². The SMILES string of the molecule is CC(C)=NOCc1ccc(C(=O)O)cc1Br. The first-order valence-electron chi connectivity index (χ1n) is 4.65. The molecule has 86 valence electrons. The maximum Gasteiger partial charge on any atom is 0.335 e. The van der Waals surface area contributed by atoms with E-state index in [4.69, 9.17) is 9.94 Å². The molecule has 1 aromatic carbocycles. The van der Waals surface area contributed by atoms with Crippen LogP contribution in [0.5, 0.6) is 0 Å². The van der Waals surface area contributed by atoms with Gasteiger partial charge in [-0.2, -0.15) is 0 Å². The Morgan fingerprint density at radius 3 is 2.69 bits per heavy atom. The average Bonchev–Trinajstić information content (AvgIpc) is 2.19. The van der Waals surface area contributed by atoms with Crippen LogP contribution < -0.4 is 0 Å². The number of rotatable bonds is 4. The number of nitrogens with zero attached hydrogens (tertiary/aromatic N) is 1. The van der Waals surface area contributed by atoms with Crippen molar-refractivity contribution in [1.29, 1.82) is 0 Å². The summed E-state index contributed by atoms with van der Waals surface area (Å²) in [5.41, 5.74) is 1.93. The second kappa shape index (κ2) is 5.65. The van der Waals surface area contributed by atoms with Crippen LogP contribution in [0.15, 0.2) is 27.8 Å². The second-order valence-electron chi connectivity index (χ2n) is 3.42. The molecule has 0 aromatic heterocycles. The molecule has 1 rings (SSSR count). The van der Waals surface area contributed by atoms with E-state index in [-0.39, 0.29) is 5.56 Å². The Bertz CT molecular complexity index is 425. The van der Waals surface area contributed by atoms with Crippen LogP contribution >= 0.6 is 15.9 Å². The molecule has 0 saturated heterocycles. The van der Waals surface area contributed by atoms with Crippen molar-refractivity contribution in [2.24, 2.45) is 5.16 Å². The van der Waals surface area contributed by atoms with Crippen LogP contribution in [0.1, 0.15) is 29.8 Å². The van der Waals surface area contributed by atoms with Gasteiger partial charge in [-0.1, -0.05) is 27.2 Å². The Kier molecular flexibility index (Phi) is 4.49. The quantitative estimate of drug-likeness (QED) is 0.683. The number of hydrogen-bond donors (Lipinski definition) is 1. The van der Waals surface area contributed by atoms with Gasteiger partial charge in [-0.25, -0.2) is 4.79 Å². The van der Waals surface area contributed by atoms with E-state index < -0.39 is 5.97 Å². The van der Waals surface area contributed by atoms with Crippen LogP contribution in [-0.4, -0.2) is 16.8 Å². The number of benzene rings is 1. The van der Waals surface area contributed by atoms with Gasteiger partial charge in [-0.05, 0) is 26.0 Å². The molecule has 5 heteroatoms. The van der Waals surface area contributed by atoms with Crippen LogP contribution in [0.25, 0.3) is 0 Å². The number of hydrogen-bond acceptors (Lipinski definition) is 3. The molecule has 1 N–H and O–H groups in total. The number of carboxylic acids is 1. The van der Waals surface area contributed by atoms with Crippen LogP contribution in [0.4, 0.5) is 0 Å². The van der Waals surface area contributed by atoms with Crippen molar-refractivity contribution in [2.45, 2.75) is 20.5 Å². The number of aromatic carboxylic acids is 1. The Labute approximate surface area is 102 Å². The number of oxime groups is 1. The molecule has 0 fully saturated rings. The smallest absolute Gasteiger partial charge is 0.335 e. The van der Waals surface area contributed by atoms with Crippen LogP contribution in [0, 0.1) is 0 Å². The lowest BCUT2D eigenvalue weighted by Gasteiger charge is -2.04. The van der Waals surface area contributed by atoms with Crippen LogP contribution in [0.2, 0.25) is 0 Å². The molecule has 1 aromatic rings. The van der Waals surface area contributed by atoms with Gasteiger partial charge in [0, 0.05) is 10.0 Å².